The van der Waals surface area contributed by atoms with Crippen LogP contribution in [0.1, 0.15) is 124 Å². The first-order valence-corrected chi connectivity index (χ1v) is 11.5. The van der Waals surface area contributed by atoms with Crippen LogP contribution >= 0.6 is 0 Å². The lowest BCUT2D eigenvalue weighted by molar-refractivity contribution is -0.145. The summed E-state index contributed by atoms with van der Waals surface area (Å²) in [6.45, 7) is 5.82. The van der Waals surface area contributed by atoms with Gasteiger partial charge < -0.3 is 10.0 Å². The van der Waals surface area contributed by atoms with E-state index in [1.807, 2.05) is 13.8 Å². The second-order valence-corrected chi connectivity index (χ2v) is 8.21. The summed E-state index contributed by atoms with van der Waals surface area (Å²) in [7, 11) is 0. The van der Waals surface area contributed by atoms with Gasteiger partial charge in [-0.15, -0.1) is 0 Å². The van der Waals surface area contributed by atoms with E-state index in [1.165, 1.54) is 88.4 Å². The van der Waals surface area contributed by atoms with Crippen molar-refractivity contribution in [3.63, 3.8) is 0 Å². The van der Waals surface area contributed by atoms with Crippen molar-refractivity contribution in [2.24, 2.45) is 0 Å². The Bertz CT molecular complexity index is 369. The summed E-state index contributed by atoms with van der Waals surface area (Å²) in [6.07, 6.45) is 20.1. The van der Waals surface area contributed by atoms with E-state index >= 15 is 0 Å². The Labute approximate surface area is 168 Å². The van der Waals surface area contributed by atoms with Gasteiger partial charge in [0.05, 0.1) is 0 Å². The summed E-state index contributed by atoms with van der Waals surface area (Å²) in [6, 6.07) is -0.0510. The lowest BCUT2D eigenvalue weighted by Crippen LogP contribution is -2.40. The first-order valence-electron chi connectivity index (χ1n) is 11.5. The number of aliphatic carboxylic acids is 1. The molecule has 0 aromatic heterocycles. The zero-order chi connectivity index (χ0) is 20.3. The Morgan fingerprint density at radius 2 is 1.07 bits per heavy atom. The standard InChI is InChI=1S/C23H45NO3/c1-4-5-6-7-8-9-10-11-12-13-14-15-16-17-18-19-22(25)24(21(2)3)20-23(26)27/h21H,4-20H2,1-3H3,(H,26,27). The van der Waals surface area contributed by atoms with Gasteiger partial charge in [0.15, 0.2) is 0 Å². The SMILES string of the molecule is CCCCCCCCCCCCCCCCCC(=O)N(CC(=O)O)C(C)C. The van der Waals surface area contributed by atoms with Crippen LogP contribution in [0.25, 0.3) is 0 Å². The van der Waals surface area contributed by atoms with Gasteiger partial charge in [0, 0.05) is 12.5 Å². The Morgan fingerprint density at radius 1 is 0.704 bits per heavy atom. The van der Waals surface area contributed by atoms with Crippen LogP contribution in [0.15, 0.2) is 0 Å². The molecule has 0 aromatic rings. The minimum atomic E-state index is -0.937. The van der Waals surface area contributed by atoms with E-state index in [2.05, 4.69) is 6.92 Å². The van der Waals surface area contributed by atoms with Crippen LogP contribution in [0, 0.1) is 0 Å². The predicted molar refractivity (Wildman–Crippen MR) is 114 cm³/mol. The Kier molecular flexibility index (Phi) is 17.6. The smallest absolute Gasteiger partial charge is 0.323 e. The summed E-state index contributed by atoms with van der Waals surface area (Å²) in [4.78, 5) is 24.4. The summed E-state index contributed by atoms with van der Waals surface area (Å²) < 4.78 is 0. The van der Waals surface area contributed by atoms with Crippen molar-refractivity contribution in [1.29, 1.82) is 0 Å². The highest BCUT2D eigenvalue weighted by molar-refractivity contribution is 5.81. The first kappa shape index (κ1) is 25.9. The van der Waals surface area contributed by atoms with Crippen LogP contribution in [0.3, 0.4) is 0 Å². The molecule has 27 heavy (non-hydrogen) atoms. The molecule has 0 unspecified atom stereocenters. The highest BCUT2D eigenvalue weighted by Gasteiger charge is 2.18. The molecule has 0 rings (SSSR count). The molecule has 0 radical (unpaired) electrons. The Balaban J connectivity index is 3.41. The van der Waals surface area contributed by atoms with Gasteiger partial charge in [-0.3, -0.25) is 9.59 Å². The molecule has 1 amide bonds. The summed E-state index contributed by atoms with van der Waals surface area (Å²) in [5.74, 6) is -0.962. The largest absolute Gasteiger partial charge is 0.480 e. The second-order valence-electron chi connectivity index (χ2n) is 8.21. The number of hydrogen-bond acceptors (Lipinski definition) is 2. The van der Waals surface area contributed by atoms with E-state index in [4.69, 9.17) is 5.11 Å². The van der Waals surface area contributed by atoms with Gasteiger partial charge in [-0.05, 0) is 20.3 Å². The van der Waals surface area contributed by atoms with Crippen LogP contribution in [-0.4, -0.2) is 34.5 Å². The van der Waals surface area contributed by atoms with E-state index in [9.17, 15) is 9.59 Å². The van der Waals surface area contributed by atoms with Gasteiger partial charge in [0.25, 0.3) is 0 Å². The average molecular weight is 384 g/mol. The maximum atomic E-state index is 12.1. The monoisotopic (exact) mass is 383 g/mol. The molecule has 160 valence electrons. The number of hydrogen-bond donors (Lipinski definition) is 1. The first-order chi connectivity index (χ1) is 13.0. The fourth-order valence-electron chi connectivity index (χ4n) is 3.50. The molecule has 0 fully saturated rings. The zero-order valence-corrected chi connectivity index (χ0v) is 18.3. The number of carbonyl (C=O) groups excluding carboxylic acids is 1. The number of nitrogens with zero attached hydrogens (tertiary/aromatic N) is 1. The van der Waals surface area contributed by atoms with Crippen molar-refractivity contribution in [3.05, 3.63) is 0 Å². The number of carboxylic acid groups (broad SMARTS) is 1. The molecule has 0 aliphatic heterocycles. The molecular formula is C23H45NO3. The molecule has 0 saturated heterocycles. The van der Waals surface area contributed by atoms with E-state index in [-0.39, 0.29) is 18.5 Å². The van der Waals surface area contributed by atoms with Crippen LogP contribution in [-0.2, 0) is 9.59 Å². The molecule has 4 heteroatoms. The normalized spacial score (nSPS) is 11.1. The van der Waals surface area contributed by atoms with Gasteiger partial charge in [0.2, 0.25) is 5.91 Å². The van der Waals surface area contributed by atoms with Gasteiger partial charge in [0.1, 0.15) is 6.54 Å². The lowest BCUT2D eigenvalue weighted by atomic mass is 10.0. The Morgan fingerprint density at radius 3 is 1.41 bits per heavy atom. The van der Waals surface area contributed by atoms with Gasteiger partial charge in [-0.2, -0.15) is 0 Å². The third-order valence-electron chi connectivity index (χ3n) is 5.24. The fourth-order valence-corrected chi connectivity index (χ4v) is 3.50. The van der Waals surface area contributed by atoms with Crippen molar-refractivity contribution in [2.45, 2.75) is 130 Å². The van der Waals surface area contributed by atoms with E-state index in [0.717, 1.165) is 12.8 Å². The molecule has 0 aliphatic carbocycles. The number of amides is 1. The summed E-state index contributed by atoms with van der Waals surface area (Å²) >= 11 is 0. The predicted octanol–water partition coefficient (Wildman–Crippen LogP) is 6.57. The average Bonchev–Trinajstić information content (AvgIpc) is 2.62. The van der Waals surface area contributed by atoms with Crippen LogP contribution < -0.4 is 0 Å². The van der Waals surface area contributed by atoms with Crippen molar-refractivity contribution < 1.29 is 14.7 Å². The highest BCUT2D eigenvalue weighted by atomic mass is 16.4. The van der Waals surface area contributed by atoms with Gasteiger partial charge in [-0.1, -0.05) is 96.8 Å². The highest BCUT2D eigenvalue weighted by Crippen LogP contribution is 2.14. The number of carboxylic acids is 1. The molecule has 0 heterocycles. The van der Waals surface area contributed by atoms with Crippen molar-refractivity contribution in [3.8, 4) is 0 Å². The third-order valence-corrected chi connectivity index (χ3v) is 5.24. The second kappa shape index (κ2) is 18.3. The minimum absolute atomic E-state index is 0.0258. The van der Waals surface area contributed by atoms with Crippen molar-refractivity contribution >= 4 is 11.9 Å². The topological polar surface area (TPSA) is 57.6 Å². The molecule has 0 spiro atoms. The molecule has 1 N–H and O–H groups in total. The zero-order valence-electron chi connectivity index (χ0n) is 18.3. The lowest BCUT2D eigenvalue weighted by Gasteiger charge is -2.24. The summed E-state index contributed by atoms with van der Waals surface area (Å²) in [5.41, 5.74) is 0. The molecular weight excluding hydrogens is 338 g/mol. The fraction of sp³-hybridized carbons (Fsp3) is 0.913. The van der Waals surface area contributed by atoms with E-state index in [0.29, 0.717) is 6.42 Å². The molecule has 0 aromatic carbocycles. The summed E-state index contributed by atoms with van der Waals surface area (Å²) in [5, 5.41) is 8.89. The third kappa shape index (κ3) is 16.8. The van der Waals surface area contributed by atoms with Gasteiger partial charge in [-0.25, -0.2) is 0 Å². The molecule has 0 atom stereocenters. The van der Waals surface area contributed by atoms with E-state index < -0.39 is 5.97 Å². The molecule has 0 saturated carbocycles. The Hall–Kier alpha value is -1.06. The van der Waals surface area contributed by atoms with Gasteiger partial charge >= 0.3 is 5.97 Å². The molecule has 0 aliphatic rings. The number of carbonyl (C=O) groups is 2. The van der Waals surface area contributed by atoms with Crippen molar-refractivity contribution in [1.82, 2.24) is 4.90 Å². The molecule has 4 nitrogen and oxygen atoms in total. The van der Waals surface area contributed by atoms with Crippen LogP contribution in [0.5, 0.6) is 0 Å². The molecule has 0 bridgehead atoms. The number of unbranched alkanes of at least 4 members (excludes halogenated alkanes) is 14. The maximum absolute atomic E-state index is 12.1. The van der Waals surface area contributed by atoms with Crippen LogP contribution in [0.4, 0.5) is 0 Å². The number of rotatable bonds is 19. The minimum Gasteiger partial charge on any atom is -0.480 e. The van der Waals surface area contributed by atoms with Crippen molar-refractivity contribution in [2.75, 3.05) is 6.54 Å². The van der Waals surface area contributed by atoms with E-state index in [1.54, 1.807) is 0 Å². The quantitative estimate of drug-likeness (QED) is 0.257. The maximum Gasteiger partial charge on any atom is 0.323 e. The van der Waals surface area contributed by atoms with Crippen LogP contribution in [0.2, 0.25) is 0 Å².